The smallest absolute Gasteiger partial charge is 0.349 e. The standard InChI is InChI=1S/C23H44O5Si2/c1-13-19(27-29(11,12)21(2,3)4)26-17-14-15-24-18-16-25-30(22(5,6)7,23(8,9)10)28-20(17)18/h13-15,17-18,20H,16H2,1-12H3/b19-13+/t17-,18-,20-/m1/s1. The molecule has 174 valence electrons. The fourth-order valence-electron chi connectivity index (χ4n) is 4.03. The van der Waals surface area contributed by atoms with Crippen LogP contribution < -0.4 is 0 Å². The van der Waals surface area contributed by atoms with Gasteiger partial charge in [0.25, 0.3) is 14.3 Å². The van der Waals surface area contributed by atoms with Gasteiger partial charge in [0.1, 0.15) is 12.2 Å². The van der Waals surface area contributed by atoms with Gasteiger partial charge in [0.2, 0.25) is 0 Å². The number of fused-ring (bicyclic) bond motifs is 1. The Hall–Kier alpha value is -0.766. The first-order chi connectivity index (χ1) is 13.5. The van der Waals surface area contributed by atoms with E-state index in [2.05, 4.69) is 75.4 Å². The van der Waals surface area contributed by atoms with E-state index in [1.165, 1.54) is 0 Å². The fourth-order valence-corrected chi connectivity index (χ4v) is 9.97. The predicted octanol–water partition coefficient (Wildman–Crippen LogP) is 6.63. The van der Waals surface area contributed by atoms with Crippen molar-refractivity contribution in [3.63, 3.8) is 0 Å². The van der Waals surface area contributed by atoms with Gasteiger partial charge in [-0.1, -0.05) is 62.3 Å². The van der Waals surface area contributed by atoms with Crippen molar-refractivity contribution in [2.45, 2.75) is 116 Å². The van der Waals surface area contributed by atoms with Crippen LogP contribution in [-0.4, -0.2) is 41.8 Å². The third-order valence-corrected chi connectivity index (χ3v) is 16.0. The molecule has 2 rings (SSSR count). The van der Waals surface area contributed by atoms with Crippen LogP contribution in [0, 0.1) is 0 Å². The molecule has 0 spiro atoms. The van der Waals surface area contributed by atoms with Crippen molar-refractivity contribution in [1.29, 1.82) is 0 Å². The van der Waals surface area contributed by atoms with Crippen molar-refractivity contribution in [3.05, 3.63) is 24.4 Å². The van der Waals surface area contributed by atoms with Crippen LogP contribution in [0.3, 0.4) is 0 Å². The van der Waals surface area contributed by atoms with E-state index in [0.717, 1.165) is 0 Å². The lowest BCUT2D eigenvalue weighted by atomic mass is 10.1. The molecule has 3 atom stereocenters. The molecule has 2 aliphatic rings. The molecule has 0 radical (unpaired) electrons. The third-order valence-electron chi connectivity index (χ3n) is 6.59. The molecule has 1 saturated heterocycles. The Morgan fingerprint density at radius 1 is 1.03 bits per heavy atom. The molecule has 0 aromatic rings. The normalized spacial score (nSPS) is 27.9. The minimum Gasteiger partial charge on any atom is -0.519 e. The maximum absolute atomic E-state index is 6.91. The number of hydrogen-bond acceptors (Lipinski definition) is 5. The average molecular weight is 457 g/mol. The van der Waals surface area contributed by atoms with Crippen LogP contribution >= 0.6 is 0 Å². The van der Waals surface area contributed by atoms with Gasteiger partial charge >= 0.3 is 8.56 Å². The van der Waals surface area contributed by atoms with E-state index in [4.69, 9.17) is 22.8 Å². The van der Waals surface area contributed by atoms with Crippen LogP contribution in [0.5, 0.6) is 0 Å². The molecule has 0 aromatic carbocycles. The summed E-state index contributed by atoms with van der Waals surface area (Å²) in [6.07, 6.45) is 4.87. The van der Waals surface area contributed by atoms with E-state index in [0.29, 0.717) is 12.6 Å². The van der Waals surface area contributed by atoms with Gasteiger partial charge in [0.05, 0.1) is 12.9 Å². The number of allylic oxidation sites excluding steroid dienone is 1. The Bertz CT molecular complexity index is 651. The van der Waals surface area contributed by atoms with Crippen LogP contribution in [0.4, 0.5) is 0 Å². The second-order valence-corrected chi connectivity index (χ2v) is 21.5. The monoisotopic (exact) mass is 456 g/mol. The molecular weight excluding hydrogens is 412 g/mol. The zero-order chi connectivity index (χ0) is 23.2. The molecule has 1 fully saturated rings. The molecule has 0 N–H and O–H groups in total. The zero-order valence-corrected chi connectivity index (χ0v) is 23.2. The first-order valence-electron chi connectivity index (χ1n) is 11.1. The fraction of sp³-hybridized carbons (Fsp3) is 0.826. The van der Waals surface area contributed by atoms with Crippen molar-refractivity contribution in [3.8, 4) is 0 Å². The van der Waals surface area contributed by atoms with Gasteiger partial charge in [-0.3, -0.25) is 0 Å². The van der Waals surface area contributed by atoms with E-state index in [1.54, 1.807) is 6.26 Å². The molecule has 0 amide bonds. The molecule has 0 saturated carbocycles. The van der Waals surface area contributed by atoms with Crippen molar-refractivity contribution in [1.82, 2.24) is 0 Å². The second-order valence-electron chi connectivity index (χ2n) is 12.1. The maximum atomic E-state index is 6.91. The van der Waals surface area contributed by atoms with Crippen molar-refractivity contribution in [2.75, 3.05) is 6.61 Å². The molecular formula is C23H44O5Si2. The highest BCUT2D eigenvalue weighted by molar-refractivity contribution is 6.74. The summed E-state index contributed by atoms with van der Waals surface area (Å²) in [7, 11) is -4.63. The summed E-state index contributed by atoms with van der Waals surface area (Å²) in [4.78, 5) is 0. The summed E-state index contributed by atoms with van der Waals surface area (Å²) in [6.45, 7) is 26.9. The van der Waals surface area contributed by atoms with Gasteiger partial charge in [0, 0.05) is 10.1 Å². The Morgan fingerprint density at radius 2 is 1.60 bits per heavy atom. The summed E-state index contributed by atoms with van der Waals surface area (Å²) in [5.41, 5.74) is 0. The van der Waals surface area contributed by atoms with Crippen LogP contribution in [-0.2, 0) is 22.8 Å². The Balaban J connectivity index is 2.29. The Kier molecular flexibility index (Phi) is 7.05. The minimum absolute atomic E-state index is 0.0917. The molecule has 0 unspecified atom stereocenters. The van der Waals surface area contributed by atoms with E-state index < -0.39 is 16.9 Å². The lowest BCUT2D eigenvalue weighted by Gasteiger charge is -2.55. The van der Waals surface area contributed by atoms with Crippen LogP contribution in [0.25, 0.3) is 0 Å². The average Bonchev–Trinajstić information content (AvgIpc) is 2.57. The molecule has 7 heteroatoms. The van der Waals surface area contributed by atoms with E-state index in [1.807, 2.05) is 19.1 Å². The lowest BCUT2D eigenvalue weighted by Crippen LogP contribution is -2.67. The highest BCUT2D eigenvalue weighted by Crippen LogP contribution is 2.55. The van der Waals surface area contributed by atoms with Crippen LogP contribution in [0.2, 0.25) is 28.2 Å². The van der Waals surface area contributed by atoms with Gasteiger partial charge in [-0.05, 0) is 37.2 Å². The van der Waals surface area contributed by atoms with E-state index in [9.17, 15) is 0 Å². The van der Waals surface area contributed by atoms with Crippen molar-refractivity contribution < 1.29 is 22.8 Å². The number of rotatable bonds is 4. The van der Waals surface area contributed by atoms with Crippen molar-refractivity contribution >= 4 is 16.9 Å². The SMILES string of the molecule is C/C=C(\O[C@@H]1C=CO[C@@H]2CO[Si](C(C)(C)C)(C(C)(C)C)O[C@H]12)O[Si](C)(C)C(C)(C)C. The summed E-state index contributed by atoms with van der Waals surface area (Å²) in [5.74, 6) is 0.575. The predicted molar refractivity (Wildman–Crippen MR) is 127 cm³/mol. The van der Waals surface area contributed by atoms with Crippen LogP contribution in [0.1, 0.15) is 69.2 Å². The van der Waals surface area contributed by atoms with E-state index in [-0.39, 0.29) is 33.4 Å². The summed E-state index contributed by atoms with van der Waals surface area (Å²) >= 11 is 0. The third kappa shape index (κ3) is 4.84. The molecule has 5 nitrogen and oxygen atoms in total. The largest absolute Gasteiger partial charge is 0.519 e. The molecule has 0 aromatic heterocycles. The second kappa shape index (κ2) is 8.30. The topological polar surface area (TPSA) is 46.2 Å². The van der Waals surface area contributed by atoms with Gasteiger partial charge in [0.15, 0.2) is 6.10 Å². The Labute approximate surface area is 186 Å². The highest BCUT2D eigenvalue weighted by atomic mass is 28.4. The summed E-state index contributed by atoms with van der Waals surface area (Å²) in [6, 6.07) is 0. The zero-order valence-electron chi connectivity index (χ0n) is 21.2. The molecule has 0 bridgehead atoms. The molecule has 2 aliphatic heterocycles. The van der Waals surface area contributed by atoms with E-state index >= 15 is 0 Å². The summed E-state index contributed by atoms with van der Waals surface area (Å²) < 4.78 is 32.2. The first-order valence-corrected chi connectivity index (χ1v) is 15.8. The van der Waals surface area contributed by atoms with Crippen LogP contribution in [0.15, 0.2) is 24.4 Å². The minimum atomic E-state index is -2.62. The number of ether oxygens (including phenoxy) is 2. The van der Waals surface area contributed by atoms with Gasteiger partial charge in [-0.2, -0.15) is 0 Å². The van der Waals surface area contributed by atoms with Gasteiger partial charge < -0.3 is 22.8 Å². The van der Waals surface area contributed by atoms with Gasteiger partial charge in [-0.25, -0.2) is 0 Å². The quantitative estimate of drug-likeness (QED) is 0.351. The highest BCUT2D eigenvalue weighted by Gasteiger charge is 2.63. The molecule has 30 heavy (non-hydrogen) atoms. The lowest BCUT2D eigenvalue weighted by molar-refractivity contribution is -0.135. The summed E-state index contributed by atoms with van der Waals surface area (Å²) in [5, 5.41) is -0.0968. The Morgan fingerprint density at radius 3 is 2.07 bits per heavy atom. The number of hydrogen-bond donors (Lipinski definition) is 0. The molecule has 2 heterocycles. The maximum Gasteiger partial charge on any atom is 0.349 e. The van der Waals surface area contributed by atoms with Crippen molar-refractivity contribution in [2.24, 2.45) is 0 Å². The van der Waals surface area contributed by atoms with Gasteiger partial charge in [-0.15, -0.1) is 0 Å². The first kappa shape index (κ1) is 25.5. The molecule has 0 aliphatic carbocycles.